The number of nitrogens with one attached hydrogen (secondary N) is 2. The first kappa shape index (κ1) is 16.3. The molecule has 1 rings (SSSR count). The zero-order valence-corrected chi connectivity index (χ0v) is 12.9. The Kier molecular flexibility index (Phi) is 6.31. The minimum Gasteiger partial charge on any atom is -0.493 e. The molecule has 20 heavy (non-hydrogen) atoms. The molecule has 0 fully saturated rings. The van der Waals surface area contributed by atoms with E-state index in [0.717, 1.165) is 28.5 Å². The van der Waals surface area contributed by atoms with Crippen molar-refractivity contribution >= 4 is 5.91 Å². The molecule has 5 nitrogen and oxygen atoms in total. The topological polar surface area (TPSA) is 52.0 Å². The highest BCUT2D eigenvalue weighted by Gasteiger charge is 2.20. The third kappa shape index (κ3) is 4.13. The second kappa shape index (κ2) is 7.75. The van der Waals surface area contributed by atoms with Crippen LogP contribution in [0, 0.1) is 0 Å². The molecule has 1 aromatic carbocycles. The molecule has 1 aromatic rings. The van der Waals surface area contributed by atoms with E-state index in [2.05, 4.69) is 5.32 Å². The Morgan fingerprint density at radius 3 is 2.65 bits per heavy atom. The molecule has 5 heteroatoms. The molecule has 0 bridgehead atoms. The van der Waals surface area contributed by atoms with Crippen LogP contribution in [-0.2, 0) is 11.3 Å². The number of rotatable bonds is 7. The van der Waals surface area contributed by atoms with Crippen LogP contribution in [0.4, 0.5) is 0 Å². The van der Waals surface area contributed by atoms with Crippen molar-refractivity contribution in [3.63, 3.8) is 0 Å². The highest BCUT2D eigenvalue weighted by atomic mass is 16.5. The Morgan fingerprint density at radius 2 is 2.10 bits per heavy atom. The molecule has 112 valence electrons. The minimum absolute atomic E-state index is 0.0420. The van der Waals surface area contributed by atoms with E-state index in [1.807, 2.05) is 39.1 Å². The molecule has 0 aliphatic heterocycles. The van der Waals surface area contributed by atoms with E-state index < -0.39 is 0 Å². The van der Waals surface area contributed by atoms with E-state index in [1.165, 1.54) is 0 Å². The molecule has 1 unspecified atom stereocenters. The molecule has 0 aliphatic rings. The Hall–Kier alpha value is -1.75. The molecular weight excluding hydrogens is 256 g/mol. The lowest BCUT2D eigenvalue weighted by Crippen LogP contribution is -3.12. The maximum absolute atomic E-state index is 11.6. The Bertz CT molecular complexity index is 449. The van der Waals surface area contributed by atoms with E-state index in [1.54, 1.807) is 14.2 Å². The zero-order valence-electron chi connectivity index (χ0n) is 12.9. The van der Waals surface area contributed by atoms with E-state index in [-0.39, 0.29) is 11.9 Å². The fourth-order valence-corrected chi connectivity index (χ4v) is 2.01. The van der Waals surface area contributed by atoms with E-state index in [0.29, 0.717) is 6.61 Å². The van der Waals surface area contributed by atoms with Crippen molar-refractivity contribution in [1.29, 1.82) is 0 Å². The van der Waals surface area contributed by atoms with Crippen molar-refractivity contribution in [2.75, 3.05) is 27.8 Å². The third-order valence-electron chi connectivity index (χ3n) is 3.39. The Morgan fingerprint density at radius 1 is 1.40 bits per heavy atom. The summed E-state index contributed by atoms with van der Waals surface area (Å²) < 4.78 is 10.8. The van der Waals surface area contributed by atoms with Crippen molar-refractivity contribution in [3.8, 4) is 11.5 Å². The van der Waals surface area contributed by atoms with Gasteiger partial charge in [0.2, 0.25) is 0 Å². The van der Waals surface area contributed by atoms with Crippen molar-refractivity contribution in [2.24, 2.45) is 0 Å². The summed E-state index contributed by atoms with van der Waals surface area (Å²) in [6, 6.07) is 5.78. The van der Waals surface area contributed by atoms with Gasteiger partial charge in [0.05, 0.1) is 20.8 Å². The Balaban J connectivity index is 2.80. The molecule has 0 saturated heterocycles. The number of benzene rings is 1. The van der Waals surface area contributed by atoms with Crippen LogP contribution in [0.2, 0.25) is 0 Å². The summed E-state index contributed by atoms with van der Waals surface area (Å²) in [5.74, 6) is 1.51. The number of ether oxygens (including phenoxy) is 2. The van der Waals surface area contributed by atoms with Crippen LogP contribution in [0.3, 0.4) is 0 Å². The lowest BCUT2D eigenvalue weighted by atomic mass is 10.1. The van der Waals surface area contributed by atoms with Gasteiger partial charge in [0.1, 0.15) is 6.54 Å². The molecule has 1 amide bonds. The van der Waals surface area contributed by atoms with E-state index in [4.69, 9.17) is 9.47 Å². The van der Waals surface area contributed by atoms with Crippen molar-refractivity contribution in [1.82, 2.24) is 5.32 Å². The standard InChI is InChI=1S/C15H24N2O3/c1-6-20-13-8-7-12(9-14(13)19-5)10-17(4)11(2)15(18)16-3/h7-9,11H,6,10H2,1-5H3,(H,16,18)/p+1/t11-/m1/s1. The largest absolute Gasteiger partial charge is 0.493 e. The highest BCUT2D eigenvalue weighted by molar-refractivity contribution is 5.79. The fraction of sp³-hybridized carbons (Fsp3) is 0.533. The summed E-state index contributed by atoms with van der Waals surface area (Å²) >= 11 is 0. The number of quaternary nitrogens is 1. The molecule has 0 spiro atoms. The number of methoxy groups -OCH3 is 1. The highest BCUT2D eigenvalue weighted by Crippen LogP contribution is 2.27. The Labute approximate surface area is 120 Å². The number of hydrogen-bond donors (Lipinski definition) is 2. The van der Waals surface area contributed by atoms with E-state index >= 15 is 0 Å². The van der Waals surface area contributed by atoms with Crippen molar-refractivity contribution < 1.29 is 19.2 Å². The van der Waals surface area contributed by atoms with Crippen LogP contribution in [-0.4, -0.2) is 39.8 Å². The van der Waals surface area contributed by atoms with Gasteiger partial charge < -0.3 is 19.7 Å². The molecule has 2 N–H and O–H groups in total. The third-order valence-corrected chi connectivity index (χ3v) is 3.39. The van der Waals surface area contributed by atoms with Gasteiger partial charge in [0.15, 0.2) is 17.5 Å². The number of carbonyl (C=O) groups is 1. The van der Waals surface area contributed by atoms with Crippen LogP contribution < -0.4 is 19.7 Å². The summed E-state index contributed by atoms with van der Waals surface area (Å²) in [5.41, 5.74) is 1.11. The first-order valence-corrected chi connectivity index (χ1v) is 6.87. The number of amides is 1. The normalized spacial score (nSPS) is 13.4. The van der Waals surface area contributed by atoms with Crippen LogP contribution in [0.15, 0.2) is 18.2 Å². The molecule has 0 aliphatic carbocycles. The van der Waals surface area contributed by atoms with Crippen LogP contribution >= 0.6 is 0 Å². The summed E-state index contributed by atoms with van der Waals surface area (Å²) in [6.07, 6.45) is 0. The van der Waals surface area contributed by atoms with Gasteiger partial charge in [-0.15, -0.1) is 0 Å². The second-order valence-corrected chi connectivity index (χ2v) is 4.78. The maximum Gasteiger partial charge on any atom is 0.277 e. The lowest BCUT2D eigenvalue weighted by Gasteiger charge is -2.21. The lowest BCUT2D eigenvalue weighted by molar-refractivity contribution is -0.908. The van der Waals surface area contributed by atoms with Gasteiger partial charge >= 0.3 is 0 Å². The number of likely N-dealkylation sites (N-methyl/N-ethyl adjacent to an activating group) is 2. The molecule has 0 radical (unpaired) electrons. The summed E-state index contributed by atoms with van der Waals surface area (Å²) in [5, 5.41) is 2.68. The number of hydrogen-bond acceptors (Lipinski definition) is 3. The van der Waals surface area contributed by atoms with Crippen LogP contribution in [0.5, 0.6) is 11.5 Å². The van der Waals surface area contributed by atoms with Gasteiger partial charge in [-0.05, 0) is 32.0 Å². The van der Waals surface area contributed by atoms with Crippen LogP contribution in [0.25, 0.3) is 0 Å². The smallest absolute Gasteiger partial charge is 0.277 e. The molecule has 0 saturated carbocycles. The quantitative estimate of drug-likeness (QED) is 0.753. The average Bonchev–Trinajstić information content (AvgIpc) is 2.47. The monoisotopic (exact) mass is 281 g/mol. The molecular formula is C15H25N2O3+. The average molecular weight is 281 g/mol. The first-order valence-electron chi connectivity index (χ1n) is 6.87. The van der Waals surface area contributed by atoms with Gasteiger partial charge in [-0.25, -0.2) is 0 Å². The molecule has 0 heterocycles. The number of carbonyl (C=O) groups excluding carboxylic acids is 1. The summed E-state index contributed by atoms with van der Waals surface area (Å²) in [4.78, 5) is 12.8. The van der Waals surface area contributed by atoms with Gasteiger partial charge in [0.25, 0.3) is 5.91 Å². The van der Waals surface area contributed by atoms with Gasteiger partial charge in [-0.3, -0.25) is 4.79 Å². The van der Waals surface area contributed by atoms with Gasteiger partial charge in [-0.1, -0.05) is 0 Å². The maximum atomic E-state index is 11.6. The zero-order chi connectivity index (χ0) is 15.1. The second-order valence-electron chi connectivity index (χ2n) is 4.78. The predicted molar refractivity (Wildman–Crippen MR) is 78.3 cm³/mol. The van der Waals surface area contributed by atoms with Gasteiger partial charge in [0, 0.05) is 12.6 Å². The SMILES string of the molecule is CCOc1ccc(C[NH+](C)[C@H](C)C(=O)NC)cc1OC. The van der Waals surface area contributed by atoms with Gasteiger partial charge in [-0.2, -0.15) is 0 Å². The summed E-state index contributed by atoms with van der Waals surface area (Å²) in [6.45, 7) is 5.21. The molecule has 0 aromatic heterocycles. The fourth-order valence-electron chi connectivity index (χ4n) is 2.01. The molecule has 2 atom stereocenters. The summed E-state index contributed by atoms with van der Waals surface area (Å²) in [7, 11) is 5.29. The van der Waals surface area contributed by atoms with Crippen molar-refractivity contribution in [3.05, 3.63) is 23.8 Å². The predicted octanol–water partition coefficient (Wildman–Crippen LogP) is 0.243. The van der Waals surface area contributed by atoms with E-state index in [9.17, 15) is 4.79 Å². The minimum atomic E-state index is -0.0995. The van der Waals surface area contributed by atoms with Crippen LogP contribution in [0.1, 0.15) is 19.4 Å². The van der Waals surface area contributed by atoms with Crippen molar-refractivity contribution in [2.45, 2.75) is 26.4 Å². The first-order chi connectivity index (χ1) is 9.53.